The third kappa shape index (κ3) is 3.00. The first-order valence-electron chi connectivity index (χ1n) is 6.87. The quantitative estimate of drug-likeness (QED) is 0.848. The van der Waals surface area contributed by atoms with Crippen LogP contribution in [-0.4, -0.2) is 29.5 Å². The summed E-state index contributed by atoms with van der Waals surface area (Å²) in [6.07, 6.45) is -4.07. The Bertz CT molecular complexity index is 414. The van der Waals surface area contributed by atoms with Gasteiger partial charge in [-0.05, 0) is 31.1 Å². The molecule has 3 nitrogen and oxygen atoms in total. The van der Waals surface area contributed by atoms with Gasteiger partial charge in [0, 0.05) is 5.92 Å². The number of rotatable bonds is 2. The second-order valence-electron chi connectivity index (χ2n) is 6.00. The van der Waals surface area contributed by atoms with Gasteiger partial charge in [0.1, 0.15) is 0 Å². The Morgan fingerprint density at radius 1 is 1.40 bits per heavy atom. The average molecular weight is 292 g/mol. The molecule has 4 atom stereocenters. The lowest BCUT2D eigenvalue weighted by Crippen LogP contribution is -2.47. The van der Waals surface area contributed by atoms with Crippen LogP contribution in [0.2, 0.25) is 0 Å². The number of halogens is 3. The predicted molar refractivity (Wildman–Crippen MR) is 66.1 cm³/mol. The molecule has 0 spiro atoms. The van der Waals surface area contributed by atoms with E-state index in [1.165, 1.54) is 6.08 Å². The van der Waals surface area contributed by atoms with Gasteiger partial charge in [-0.25, -0.2) is 4.79 Å². The lowest BCUT2D eigenvalue weighted by atomic mass is 9.73. The van der Waals surface area contributed by atoms with Gasteiger partial charge >= 0.3 is 12.1 Å². The fourth-order valence-corrected chi connectivity index (χ4v) is 3.14. The van der Waals surface area contributed by atoms with Gasteiger partial charge in [-0.3, -0.25) is 0 Å². The van der Waals surface area contributed by atoms with Gasteiger partial charge in [0.15, 0.2) is 6.10 Å². The van der Waals surface area contributed by atoms with E-state index in [1.54, 1.807) is 0 Å². The largest absolute Gasteiger partial charge is 0.478 e. The molecule has 0 amide bonds. The molecule has 0 aromatic carbocycles. The molecule has 1 saturated carbocycles. The van der Waals surface area contributed by atoms with Crippen molar-refractivity contribution in [2.45, 2.75) is 51.5 Å². The van der Waals surface area contributed by atoms with Crippen LogP contribution in [0.25, 0.3) is 0 Å². The third-order valence-corrected chi connectivity index (χ3v) is 4.36. The summed E-state index contributed by atoms with van der Waals surface area (Å²) in [5.41, 5.74) is -0.665. The lowest BCUT2D eigenvalue weighted by Gasteiger charge is -2.41. The highest BCUT2D eigenvalue weighted by Gasteiger charge is 2.51. The van der Waals surface area contributed by atoms with Crippen molar-refractivity contribution in [3.8, 4) is 0 Å². The molecule has 114 valence electrons. The smallest absolute Gasteiger partial charge is 0.419 e. The number of hydrogen-bond donors (Lipinski definition) is 1. The van der Waals surface area contributed by atoms with Crippen molar-refractivity contribution in [3.05, 3.63) is 11.6 Å². The van der Waals surface area contributed by atoms with E-state index in [2.05, 4.69) is 0 Å². The van der Waals surface area contributed by atoms with Gasteiger partial charge in [-0.15, -0.1) is 0 Å². The molecule has 1 heterocycles. The van der Waals surface area contributed by atoms with Gasteiger partial charge in [-0.1, -0.05) is 19.9 Å². The summed E-state index contributed by atoms with van der Waals surface area (Å²) in [5.74, 6) is -1.02. The minimum absolute atomic E-state index is 0.213. The van der Waals surface area contributed by atoms with Gasteiger partial charge in [0.05, 0.1) is 11.7 Å². The number of carboxylic acid groups (broad SMARTS) is 1. The van der Waals surface area contributed by atoms with Crippen molar-refractivity contribution in [2.24, 2.45) is 17.8 Å². The van der Waals surface area contributed by atoms with Crippen LogP contribution in [0.3, 0.4) is 0 Å². The fraction of sp³-hybridized carbons (Fsp3) is 0.786. The summed E-state index contributed by atoms with van der Waals surface area (Å²) in [6, 6.07) is 0. The monoisotopic (exact) mass is 292 g/mol. The Labute approximate surface area is 115 Å². The number of hydrogen-bond acceptors (Lipinski definition) is 2. The van der Waals surface area contributed by atoms with E-state index in [0.717, 1.165) is 6.42 Å². The molecule has 2 aliphatic rings. The van der Waals surface area contributed by atoms with E-state index >= 15 is 0 Å². The summed E-state index contributed by atoms with van der Waals surface area (Å²) in [5, 5.41) is 8.95. The zero-order valence-corrected chi connectivity index (χ0v) is 11.5. The molecule has 1 aliphatic heterocycles. The van der Waals surface area contributed by atoms with Gasteiger partial charge in [0.2, 0.25) is 0 Å². The maximum Gasteiger partial charge on any atom is 0.419 e. The summed E-state index contributed by atoms with van der Waals surface area (Å²) < 4.78 is 43.9. The van der Waals surface area contributed by atoms with Crippen LogP contribution in [0, 0.1) is 17.8 Å². The molecule has 0 saturated heterocycles. The van der Waals surface area contributed by atoms with E-state index < -0.39 is 29.9 Å². The molecule has 6 heteroatoms. The van der Waals surface area contributed by atoms with E-state index in [9.17, 15) is 18.0 Å². The Morgan fingerprint density at radius 3 is 2.55 bits per heavy atom. The number of ether oxygens (including phenoxy) is 1. The Morgan fingerprint density at radius 2 is 2.05 bits per heavy atom. The number of alkyl halides is 3. The first-order valence-corrected chi connectivity index (χ1v) is 6.87. The molecule has 0 aromatic heterocycles. The highest BCUT2D eigenvalue weighted by Crippen LogP contribution is 2.43. The molecular weight excluding hydrogens is 273 g/mol. The molecule has 1 fully saturated rings. The van der Waals surface area contributed by atoms with Crippen LogP contribution in [-0.2, 0) is 9.53 Å². The average Bonchev–Trinajstić information content (AvgIpc) is 2.35. The second-order valence-corrected chi connectivity index (χ2v) is 6.00. The predicted octanol–water partition coefficient (Wildman–Crippen LogP) is 3.40. The topological polar surface area (TPSA) is 46.5 Å². The van der Waals surface area contributed by atoms with Crippen LogP contribution < -0.4 is 0 Å². The maximum absolute atomic E-state index is 12.9. The van der Waals surface area contributed by atoms with Crippen LogP contribution in [0.15, 0.2) is 11.6 Å². The second kappa shape index (κ2) is 5.39. The first kappa shape index (κ1) is 15.4. The summed E-state index contributed by atoms with van der Waals surface area (Å²) >= 11 is 0. The fourth-order valence-electron chi connectivity index (χ4n) is 3.14. The Kier molecular flexibility index (Phi) is 4.14. The minimum Gasteiger partial charge on any atom is -0.478 e. The number of carbonyl (C=O) groups is 1. The summed E-state index contributed by atoms with van der Waals surface area (Å²) in [6.45, 7) is 4.10. The summed E-state index contributed by atoms with van der Waals surface area (Å²) in [4.78, 5) is 11.0. The van der Waals surface area contributed by atoms with Crippen molar-refractivity contribution in [1.82, 2.24) is 0 Å². The lowest BCUT2D eigenvalue weighted by molar-refractivity contribution is -0.234. The SMILES string of the molecule is CC(C)C1CCC2C=C(C(=O)O)C(C(F)(F)F)OC2C1. The van der Waals surface area contributed by atoms with Crippen LogP contribution >= 0.6 is 0 Å². The molecule has 0 aromatic rings. The first-order chi connectivity index (χ1) is 9.20. The van der Waals surface area contributed by atoms with Crippen molar-refractivity contribution in [2.75, 3.05) is 0 Å². The molecule has 1 N–H and O–H groups in total. The Hall–Kier alpha value is -1.04. The standard InChI is InChI=1S/C14H19F3O3/c1-7(2)8-3-4-9-5-10(13(18)19)12(14(15,16)17)20-11(9)6-8/h5,7-9,11-12H,3-4,6H2,1-2H3,(H,18,19). The van der Waals surface area contributed by atoms with Crippen LogP contribution in [0.1, 0.15) is 33.1 Å². The van der Waals surface area contributed by atoms with Crippen LogP contribution in [0.4, 0.5) is 13.2 Å². The molecule has 4 unspecified atom stereocenters. The highest BCUT2D eigenvalue weighted by atomic mass is 19.4. The van der Waals surface area contributed by atoms with E-state index in [-0.39, 0.29) is 5.92 Å². The maximum atomic E-state index is 12.9. The van der Waals surface area contributed by atoms with Gasteiger partial charge < -0.3 is 9.84 Å². The molecule has 1 aliphatic carbocycles. The highest BCUT2D eigenvalue weighted by molar-refractivity contribution is 5.88. The van der Waals surface area contributed by atoms with Crippen LogP contribution in [0.5, 0.6) is 0 Å². The zero-order valence-electron chi connectivity index (χ0n) is 11.5. The number of aliphatic carboxylic acids is 1. The van der Waals surface area contributed by atoms with Crippen molar-refractivity contribution >= 4 is 5.97 Å². The van der Waals surface area contributed by atoms with Gasteiger partial charge in [-0.2, -0.15) is 13.2 Å². The van der Waals surface area contributed by atoms with Gasteiger partial charge in [0.25, 0.3) is 0 Å². The van der Waals surface area contributed by atoms with E-state index in [4.69, 9.17) is 9.84 Å². The Balaban J connectivity index is 2.24. The van der Waals surface area contributed by atoms with E-state index in [0.29, 0.717) is 24.7 Å². The van der Waals surface area contributed by atoms with Crippen molar-refractivity contribution in [1.29, 1.82) is 0 Å². The van der Waals surface area contributed by atoms with Crippen molar-refractivity contribution in [3.63, 3.8) is 0 Å². The normalized spacial score (nSPS) is 34.6. The zero-order chi connectivity index (χ0) is 15.1. The van der Waals surface area contributed by atoms with E-state index in [1.807, 2.05) is 13.8 Å². The third-order valence-electron chi connectivity index (χ3n) is 4.36. The number of fused-ring (bicyclic) bond motifs is 1. The molecule has 0 radical (unpaired) electrons. The molecule has 20 heavy (non-hydrogen) atoms. The molecule has 0 bridgehead atoms. The number of carboxylic acids is 1. The summed E-state index contributed by atoms with van der Waals surface area (Å²) in [7, 11) is 0. The molecular formula is C14H19F3O3. The minimum atomic E-state index is -4.68. The van der Waals surface area contributed by atoms with Crippen molar-refractivity contribution < 1.29 is 27.8 Å². The molecule has 2 rings (SSSR count).